The van der Waals surface area contributed by atoms with E-state index in [0.717, 1.165) is 52.8 Å². The highest BCUT2D eigenvalue weighted by molar-refractivity contribution is 9.08. The van der Waals surface area contributed by atoms with E-state index in [4.69, 9.17) is 15.2 Å². The van der Waals surface area contributed by atoms with Crippen LogP contribution in [-0.4, -0.2) is 74.2 Å². The number of nitrogen functional groups attached to an aromatic ring is 1. The van der Waals surface area contributed by atoms with Crippen LogP contribution < -0.4 is 30.3 Å². The molecule has 0 unspecified atom stereocenters. The van der Waals surface area contributed by atoms with Gasteiger partial charge in [0.05, 0.1) is 45.2 Å². The standard InChI is InChI=1S/C20H18F2N4O2.C13H10BrF2N3O.C7H9NO.B2/c1-28-16-5-2-13(3-6-16)23-12-14-10-19-20(27)25(8-9-26(19)24-14)15-4-7-17(21)18(22)11-15;14-7-8-5-12-13(20)18(3-4-19(12)17-8)9-1-2-10(15)11(16)6-9;1-9-7-4-2-6(8)3-5-7;1-2/h2-7,10-11,23H,8-9,12H2,1H3;1-2,5-6H,3-4,7H2;2-5H,8H2,1H3;. The molecule has 2 aliphatic rings. The van der Waals surface area contributed by atoms with Gasteiger partial charge in [-0.2, -0.15) is 10.2 Å². The lowest BCUT2D eigenvalue weighted by Crippen LogP contribution is -2.40. The van der Waals surface area contributed by atoms with Gasteiger partial charge in [-0.1, -0.05) is 15.9 Å². The minimum Gasteiger partial charge on any atom is -0.497 e. The van der Waals surface area contributed by atoms with E-state index in [9.17, 15) is 27.2 Å². The topological polar surface area (TPSA) is 133 Å². The molecule has 0 bridgehead atoms. The number of nitrogens with zero attached hydrogens (tertiary/aromatic N) is 6. The smallest absolute Gasteiger partial charge is 0.276 e. The number of ether oxygens (including phenoxy) is 2. The van der Waals surface area contributed by atoms with Crippen LogP contribution in [0.15, 0.2) is 97.1 Å². The molecule has 0 fully saturated rings. The van der Waals surface area contributed by atoms with E-state index in [1.165, 1.54) is 21.9 Å². The third kappa shape index (κ3) is 10.8. The second-order valence-electron chi connectivity index (χ2n) is 12.6. The van der Waals surface area contributed by atoms with E-state index in [1.807, 2.05) is 36.4 Å². The molecule has 19 heteroatoms. The van der Waals surface area contributed by atoms with E-state index in [1.54, 1.807) is 47.8 Å². The van der Waals surface area contributed by atoms with Gasteiger partial charge in [-0.05, 0) is 84.9 Å². The van der Waals surface area contributed by atoms with E-state index >= 15 is 0 Å². The summed E-state index contributed by atoms with van der Waals surface area (Å²) >= 11 is 3.29. The average Bonchev–Trinajstić information content (AvgIpc) is 3.90. The Bertz CT molecular complexity index is 2370. The summed E-state index contributed by atoms with van der Waals surface area (Å²) in [6.45, 7) is 2.16. The van der Waals surface area contributed by atoms with Gasteiger partial charge in [0.25, 0.3) is 11.8 Å². The molecular formula is C40H37B2BrF4N8O4. The van der Waals surface area contributed by atoms with Gasteiger partial charge in [0.2, 0.25) is 0 Å². The number of benzene rings is 4. The van der Waals surface area contributed by atoms with Crippen LogP contribution in [-0.2, 0) is 25.0 Å². The Labute approximate surface area is 348 Å². The van der Waals surface area contributed by atoms with Crippen molar-refractivity contribution in [3.05, 3.63) is 143 Å². The monoisotopic (exact) mass is 870 g/mol. The lowest BCUT2D eigenvalue weighted by Gasteiger charge is -2.27. The van der Waals surface area contributed by atoms with E-state index < -0.39 is 23.3 Å². The van der Waals surface area contributed by atoms with Gasteiger partial charge < -0.3 is 30.3 Å². The molecule has 2 aliphatic heterocycles. The highest BCUT2D eigenvalue weighted by Gasteiger charge is 2.29. The van der Waals surface area contributed by atoms with Crippen LogP contribution in [0, 0.1) is 23.3 Å². The molecule has 0 atom stereocenters. The molecule has 3 N–H and O–H groups in total. The van der Waals surface area contributed by atoms with Crippen LogP contribution >= 0.6 is 15.9 Å². The fourth-order valence-corrected chi connectivity index (χ4v) is 6.22. The molecule has 8 rings (SSSR count). The summed E-state index contributed by atoms with van der Waals surface area (Å²) in [5.74, 6) is -2.75. The molecule has 0 saturated carbocycles. The first kappa shape index (κ1) is 43.9. The third-order valence-electron chi connectivity index (χ3n) is 8.91. The van der Waals surface area contributed by atoms with E-state index in [0.29, 0.717) is 66.5 Å². The number of amides is 2. The molecule has 2 aromatic heterocycles. The lowest BCUT2D eigenvalue weighted by molar-refractivity contribution is 0.0954. The van der Waals surface area contributed by atoms with Crippen molar-refractivity contribution in [2.24, 2.45) is 0 Å². The largest absolute Gasteiger partial charge is 0.497 e. The number of halogens is 5. The fourth-order valence-electron chi connectivity index (χ4n) is 5.95. The summed E-state index contributed by atoms with van der Waals surface area (Å²) in [6, 6.07) is 25.1. The fraction of sp³-hybridized carbons (Fsp3) is 0.200. The predicted molar refractivity (Wildman–Crippen MR) is 222 cm³/mol. The molecule has 0 spiro atoms. The predicted octanol–water partition coefficient (Wildman–Crippen LogP) is 6.67. The average molecular weight is 871 g/mol. The van der Waals surface area contributed by atoms with Gasteiger partial charge in [-0.15, -0.1) is 0 Å². The number of carbonyl (C=O) groups is 2. The SMILES string of the molecule is COc1ccc(N)cc1.COc1ccc(NCc2cc3n(n2)CCN(c2ccc(F)c(F)c2)C3=O)cc1.O=C1c2cc(CBr)nn2CCN1c1ccc(F)c(F)c1.[B][B]. The number of rotatable bonds is 8. The van der Waals surface area contributed by atoms with Crippen LogP contribution in [0.5, 0.6) is 11.5 Å². The summed E-state index contributed by atoms with van der Waals surface area (Å²) < 4.78 is 66.2. The number of alkyl halides is 1. The Balaban J connectivity index is 0.000000185. The van der Waals surface area contributed by atoms with Crippen LogP contribution in [0.1, 0.15) is 32.4 Å². The normalized spacial score (nSPS) is 12.7. The Morgan fingerprint density at radius 2 is 1.08 bits per heavy atom. The maximum atomic E-state index is 13.5. The van der Waals surface area contributed by atoms with Crippen molar-refractivity contribution < 1.29 is 36.6 Å². The number of hydrogen-bond donors (Lipinski definition) is 2. The zero-order chi connectivity index (χ0) is 42.6. The molecule has 302 valence electrons. The molecule has 59 heavy (non-hydrogen) atoms. The van der Waals surface area contributed by atoms with Gasteiger partial charge >= 0.3 is 0 Å². The first-order valence-corrected chi connectivity index (χ1v) is 18.9. The van der Waals surface area contributed by atoms with Crippen LogP contribution in [0.25, 0.3) is 0 Å². The van der Waals surface area contributed by atoms with Crippen molar-refractivity contribution in [2.45, 2.75) is 25.0 Å². The number of fused-ring (bicyclic) bond motifs is 2. The summed E-state index contributed by atoms with van der Waals surface area (Å²) in [5, 5.41) is 12.5. The number of anilines is 4. The van der Waals surface area contributed by atoms with Gasteiger partial charge in [0.1, 0.15) is 22.9 Å². The second kappa shape index (κ2) is 20.5. The zero-order valence-corrected chi connectivity index (χ0v) is 33.5. The molecule has 2 amide bonds. The molecule has 4 radical (unpaired) electrons. The maximum Gasteiger partial charge on any atom is 0.276 e. The highest BCUT2D eigenvalue weighted by Crippen LogP contribution is 2.26. The number of nitrogens with two attached hydrogens (primary N) is 1. The second-order valence-corrected chi connectivity index (χ2v) is 13.1. The number of methoxy groups -OCH3 is 2. The quantitative estimate of drug-likeness (QED) is 0.0751. The van der Waals surface area contributed by atoms with Crippen molar-refractivity contribution in [1.82, 2.24) is 19.6 Å². The molecule has 4 aromatic carbocycles. The lowest BCUT2D eigenvalue weighted by atomic mass is 9.81. The summed E-state index contributed by atoms with van der Waals surface area (Å²) in [7, 11) is 11.2. The number of aromatic nitrogens is 4. The van der Waals surface area contributed by atoms with E-state index in [2.05, 4.69) is 46.9 Å². The zero-order valence-electron chi connectivity index (χ0n) is 31.9. The third-order valence-corrected chi connectivity index (χ3v) is 9.48. The van der Waals surface area contributed by atoms with Gasteiger partial charge in [-0.3, -0.25) is 19.0 Å². The van der Waals surface area contributed by atoms with Crippen LogP contribution in [0.3, 0.4) is 0 Å². The van der Waals surface area contributed by atoms with Gasteiger partial charge in [0, 0.05) is 68.8 Å². The molecule has 0 aliphatic carbocycles. The molecular weight excluding hydrogens is 834 g/mol. The Hall–Kier alpha value is -6.23. The van der Waals surface area contributed by atoms with Crippen molar-refractivity contribution in [1.29, 1.82) is 0 Å². The molecule has 4 heterocycles. The molecule has 0 saturated heterocycles. The number of nitrogens with one attached hydrogen (secondary N) is 1. The van der Waals surface area contributed by atoms with Crippen LogP contribution in [0.2, 0.25) is 0 Å². The van der Waals surface area contributed by atoms with E-state index in [-0.39, 0.29) is 11.8 Å². The summed E-state index contributed by atoms with van der Waals surface area (Å²) in [5.41, 5.74) is 10.1. The van der Waals surface area contributed by atoms with Crippen molar-refractivity contribution in [3.8, 4) is 11.5 Å². The summed E-state index contributed by atoms with van der Waals surface area (Å²) in [6.07, 6.45) is 0. The van der Waals surface area contributed by atoms with Crippen molar-refractivity contribution in [3.63, 3.8) is 0 Å². The van der Waals surface area contributed by atoms with Gasteiger partial charge in [0.15, 0.2) is 23.3 Å². The molecule has 6 aromatic rings. The number of hydrogen-bond acceptors (Lipinski definition) is 8. The highest BCUT2D eigenvalue weighted by atomic mass is 79.9. The Morgan fingerprint density at radius 3 is 1.53 bits per heavy atom. The molecule has 12 nitrogen and oxygen atoms in total. The van der Waals surface area contributed by atoms with Crippen molar-refractivity contribution >= 4 is 66.0 Å². The first-order valence-electron chi connectivity index (χ1n) is 17.8. The Kier molecular flexibility index (Phi) is 15.2. The number of carbonyl (C=O) groups excluding carboxylic acids is 2. The minimum absolute atomic E-state index is 0.262. The Morgan fingerprint density at radius 1 is 0.644 bits per heavy atom. The minimum atomic E-state index is -0.978. The first-order chi connectivity index (χ1) is 28.5. The van der Waals surface area contributed by atoms with Crippen LogP contribution in [0.4, 0.5) is 40.3 Å². The summed E-state index contributed by atoms with van der Waals surface area (Å²) in [4.78, 5) is 28.0. The maximum absolute atomic E-state index is 13.5. The van der Waals surface area contributed by atoms with Crippen molar-refractivity contribution in [2.75, 3.05) is 48.2 Å². The van der Waals surface area contributed by atoms with Gasteiger partial charge in [-0.25, -0.2) is 17.6 Å².